The highest BCUT2D eigenvalue weighted by atomic mass is 35.5. The van der Waals surface area contributed by atoms with E-state index in [1.165, 1.54) is 0 Å². The van der Waals surface area contributed by atoms with E-state index in [0.29, 0.717) is 29.0 Å². The third-order valence-corrected chi connectivity index (χ3v) is 7.20. The van der Waals surface area contributed by atoms with Gasteiger partial charge in [0.1, 0.15) is 0 Å². The van der Waals surface area contributed by atoms with E-state index in [1.807, 2.05) is 12.1 Å². The van der Waals surface area contributed by atoms with Gasteiger partial charge < -0.3 is 19.1 Å². The second kappa shape index (κ2) is 9.30. The average molecular weight is 438 g/mol. The highest BCUT2D eigenvalue weighted by Crippen LogP contribution is 2.42. The second-order valence-electron chi connectivity index (χ2n) is 8.51. The van der Waals surface area contributed by atoms with Crippen LogP contribution in [0.25, 0.3) is 0 Å². The van der Waals surface area contributed by atoms with Gasteiger partial charge in [0.05, 0.1) is 37.9 Å². The summed E-state index contributed by atoms with van der Waals surface area (Å²) in [5.74, 6) is 1.53. The number of carbonyl (C=O) groups excluding carboxylic acids is 1. The summed E-state index contributed by atoms with van der Waals surface area (Å²) in [6, 6.07) is 3.87. The zero-order valence-electron chi connectivity index (χ0n) is 18.0. The first-order chi connectivity index (χ1) is 14.6. The summed E-state index contributed by atoms with van der Waals surface area (Å²) < 4.78 is 16.2. The molecule has 7 nitrogen and oxygen atoms in total. The lowest BCUT2D eigenvalue weighted by atomic mass is 9.85. The Hall–Kier alpha value is -1.54. The third-order valence-electron chi connectivity index (χ3n) is 6.78. The van der Waals surface area contributed by atoms with Gasteiger partial charge in [0.2, 0.25) is 5.91 Å². The third kappa shape index (κ3) is 4.26. The summed E-state index contributed by atoms with van der Waals surface area (Å²) in [5.41, 5.74) is 0.773. The largest absolute Gasteiger partial charge is 0.493 e. The molecule has 3 aliphatic rings. The first-order valence-electron chi connectivity index (χ1n) is 10.8. The van der Waals surface area contributed by atoms with Crippen molar-refractivity contribution in [3.63, 3.8) is 0 Å². The van der Waals surface area contributed by atoms with Crippen LogP contribution in [0, 0.1) is 5.41 Å². The molecule has 1 aromatic carbocycles. The van der Waals surface area contributed by atoms with E-state index in [4.69, 9.17) is 25.8 Å². The molecule has 0 radical (unpaired) electrons. The van der Waals surface area contributed by atoms with Crippen molar-refractivity contribution in [2.75, 3.05) is 73.2 Å². The van der Waals surface area contributed by atoms with E-state index < -0.39 is 0 Å². The maximum absolute atomic E-state index is 13.2. The molecule has 1 spiro atoms. The summed E-state index contributed by atoms with van der Waals surface area (Å²) >= 11 is 6.57. The van der Waals surface area contributed by atoms with Crippen LogP contribution in [0.3, 0.4) is 0 Å². The van der Waals surface area contributed by atoms with Gasteiger partial charge in [-0.15, -0.1) is 0 Å². The molecule has 1 aromatic rings. The minimum atomic E-state index is -0.228. The quantitative estimate of drug-likeness (QED) is 0.651. The zero-order valence-corrected chi connectivity index (χ0v) is 18.7. The van der Waals surface area contributed by atoms with Crippen molar-refractivity contribution in [2.45, 2.75) is 19.4 Å². The van der Waals surface area contributed by atoms with Gasteiger partial charge in [-0.2, -0.15) is 0 Å². The summed E-state index contributed by atoms with van der Waals surface area (Å²) in [6.45, 7) is 8.57. The molecule has 3 heterocycles. The van der Waals surface area contributed by atoms with Crippen molar-refractivity contribution in [3.05, 3.63) is 22.7 Å². The molecule has 0 bridgehead atoms. The molecular formula is C22H32ClN3O4. The topological polar surface area (TPSA) is 54.5 Å². The SMILES string of the molecule is COc1ccc(CN2CCC3(CCN(CCN4CCOCC4)C3=O)C2)c(Cl)c1OC. The maximum Gasteiger partial charge on any atom is 0.230 e. The van der Waals surface area contributed by atoms with Crippen LogP contribution in [0.1, 0.15) is 18.4 Å². The van der Waals surface area contributed by atoms with Gasteiger partial charge in [0.15, 0.2) is 11.5 Å². The number of benzene rings is 1. The molecule has 3 fully saturated rings. The Morgan fingerprint density at radius 2 is 1.80 bits per heavy atom. The van der Waals surface area contributed by atoms with Crippen LogP contribution < -0.4 is 9.47 Å². The number of hydrogen-bond donors (Lipinski definition) is 0. The number of morpholine rings is 1. The number of nitrogens with zero attached hydrogens (tertiary/aromatic N) is 3. The Balaban J connectivity index is 1.35. The number of halogens is 1. The molecule has 1 unspecified atom stereocenters. The second-order valence-corrected chi connectivity index (χ2v) is 8.89. The van der Waals surface area contributed by atoms with Gasteiger partial charge >= 0.3 is 0 Å². The molecular weight excluding hydrogens is 406 g/mol. The average Bonchev–Trinajstić information content (AvgIpc) is 3.32. The molecule has 0 N–H and O–H groups in total. The summed E-state index contributed by atoms with van der Waals surface area (Å²) in [6.07, 6.45) is 1.87. The highest BCUT2D eigenvalue weighted by molar-refractivity contribution is 6.33. The fourth-order valence-corrected chi connectivity index (χ4v) is 5.25. The Bertz CT molecular complexity index is 771. The predicted octanol–water partition coefficient (Wildman–Crippen LogP) is 2.11. The van der Waals surface area contributed by atoms with Crippen LogP contribution in [0.4, 0.5) is 0 Å². The van der Waals surface area contributed by atoms with Crippen molar-refractivity contribution >= 4 is 17.5 Å². The summed E-state index contributed by atoms with van der Waals surface area (Å²) in [4.78, 5) is 20.1. The Morgan fingerprint density at radius 1 is 1.03 bits per heavy atom. The molecule has 0 saturated carbocycles. The van der Waals surface area contributed by atoms with Gasteiger partial charge in [-0.3, -0.25) is 14.6 Å². The highest BCUT2D eigenvalue weighted by Gasteiger charge is 2.50. The van der Waals surface area contributed by atoms with E-state index in [1.54, 1.807) is 14.2 Å². The Labute approximate surface area is 183 Å². The van der Waals surface area contributed by atoms with E-state index in [9.17, 15) is 4.79 Å². The van der Waals surface area contributed by atoms with Crippen molar-refractivity contribution < 1.29 is 19.0 Å². The van der Waals surface area contributed by atoms with E-state index in [0.717, 1.165) is 77.4 Å². The molecule has 0 aliphatic carbocycles. The smallest absolute Gasteiger partial charge is 0.230 e. The number of carbonyl (C=O) groups is 1. The van der Waals surface area contributed by atoms with Gasteiger partial charge in [-0.25, -0.2) is 0 Å². The number of rotatable bonds is 7. The van der Waals surface area contributed by atoms with Gasteiger partial charge in [0, 0.05) is 45.8 Å². The molecule has 1 amide bonds. The molecule has 8 heteroatoms. The van der Waals surface area contributed by atoms with Crippen LogP contribution in [0.15, 0.2) is 12.1 Å². The standard InChI is InChI=1S/C22H32ClN3O4/c1-28-18-4-3-17(19(23)20(18)29-2)15-25-7-5-22(16-25)6-8-26(21(22)27)10-9-24-11-13-30-14-12-24/h3-4H,5-16H2,1-2H3. The minimum absolute atomic E-state index is 0.228. The van der Waals surface area contributed by atoms with Crippen LogP contribution in [-0.2, 0) is 16.1 Å². The first-order valence-corrected chi connectivity index (χ1v) is 11.2. The van der Waals surface area contributed by atoms with Gasteiger partial charge in [-0.1, -0.05) is 17.7 Å². The lowest BCUT2D eigenvalue weighted by Gasteiger charge is -2.29. The summed E-state index contributed by atoms with van der Waals surface area (Å²) in [5, 5.41) is 0.586. The normalized spacial score (nSPS) is 25.4. The fraction of sp³-hybridized carbons (Fsp3) is 0.682. The van der Waals surface area contributed by atoms with Crippen molar-refractivity contribution in [2.24, 2.45) is 5.41 Å². The number of amides is 1. The molecule has 3 saturated heterocycles. The molecule has 3 aliphatic heterocycles. The predicted molar refractivity (Wildman–Crippen MR) is 115 cm³/mol. The monoisotopic (exact) mass is 437 g/mol. The zero-order chi connectivity index (χ0) is 21.1. The van der Waals surface area contributed by atoms with Crippen molar-refractivity contribution in [1.29, 1.82) is 0 Å². The number of hydrogen-bond acceptors (Lipinski definition) is 6. The minimum Gasteiger partial charge on any atom is -0.493 e. The van der Waals surface area contributed by atoms with Crippen molar-refractivity contribution in [3.8, 4) is 11.5 Å². The summed E-state index contributed by atoms with van der Waals surface area (Å²) in [7, 11) is 3.20. The number of ether oxygens (including phenoxy) is 3. The maximum atomic E-state index is 13.2. The Morgan fingerprint density at radius 3 is 2.53 bits per heavy atom. The fourth-order valence-electron chi connectivity index (χ4n) is 4.96. The van der Waals surface area contributed by atoms with Crippen LogP contribution in [0.5, 0.6) is 11.5 Å². The molecule has 4 rings (SSSR count). The number of likely N-dealkylation sites (tertiary alicyclic amines) is 2. The molecule has 1 atom stereocenters. The number of methoxy groups -OCH3 is 2. The Kier molecular flexibility index (Phi) is 6.72. The van der Waals surface area contributed by atoms with Gasteiger partial charge in [-0.05, 0) is 31.0 Å². The van der Waals surface area contributed by atoms with E-state index in [-0.39, 0.29) is 5.41 Å². The molecule has 30 heavy (non-hydrogen) atoms. The lowest BCUT2D eigenvalue weighted by Crippen LogP contribution is -2.43. The molecule has 0 aromatic heterocycles. The molecule has 166 valence electrons. The van der Waals surface area contributed by atoms with E-state index >= 15 is 0 Å². The van der Waals surface area contributed by atoms with Crippen molar-refractivity contribution in [1.82, 2.24) is 14.7 Å². The van der Waals surface area contributed by atoms with Crippen LogP contribution in [-0.4, -0.2) is 93.9 Å². The first kappa shape index (κ1) is 21.7. The lowest BCUT2D eigenvalue weighted by molar-refractivity contribution is -0.135. The van der Waals surface area contributed by atoms with Crippen LogP contribution >= 0.6 is 11.6 Å². The van der Waals surface area contributed by atoms with Gasteiger partial charge in [0.25, 0.3) is 0 Å². The van der Waals surface area contributed by atoms with Crippen LogP contribution in [0.2, 0.25) is 5.02 Å². The van der Waals surface area contributed by atoms with E-state index in [2.05, 4.69) is 14.7 Å².